The molecular formula is C25H28F2N6O2. The van der Waals surface area contributed by atoms with E-state index in [0.29, 0.717) is 23.5 Å². The van der Waals surface area contributed by atoms with Crippen molar-refractivity contribution in [2.45, 2.75) is 56.4 Å². The van der Waals surface area contributed by atoms with Crippen molar-refractivity contribution >= 4 is 5.82 Å². The van der Waals surface area contributed by atoms with Crippen molar-refractivity contribution in [3.05, 3.63) is 42.6 Å². The highest BCUT2D eigenvalue weighted by molar-refractivity contribution is 5.74. The highest BCUT2D eigenvalue weighted by Gasteiger charge is 2.56. The van der Waals surface area contributed by atoms with Gasteiger partial charge < -0.3 is 20.1 Å². The molecule has 2 saturated heterocycles. The van der Waals surface area contributed by atoms with Crippen LogP contribution < -0.4 is 15.0 Å². The van der Waals surface area contributed by atoms with E-state index in [1.54, 1.807) is 0 Å². The molecule has 35 heavy (non-hydrogen) atoms. The fourth-order valence-corrected chi connectivity index (χ4v) is 5.43. The summed E-state index contributed by atoms with van der Waals surface area (Å²) in [6.07, 6.45) is 5.70. The van der Waals surface area contributed by atoms with Crippen LogP contribution in [0.5, 0.6) is 11.6 Å². The van der Waals surface area contributed by atoms with Crippen LogP contribution in [0, 0.1) is 5.82 Å². The lowest BCUT2D eigenvalue weighted by atomic mass is 9.82. The molecule has 0 radical (unpaired) electrons. The van der Waals surface area contributed by atoms with E-state index < -0.39 is 17.5 Å². The quantitative estimate of drug-likeness (QED) is 0.565. The van der Waals surface area contributed by atoms with Crippen molar-refractivity contribution in [3.63, 3.8) is 0 Å². The van der Waals surface area contributed by atoms with Crippen LogP contribution in [0.25, 0.3) is 22.4 Å². The summed E-state index contributed by atoms with van der Waals surface area (Å²) in [6, 6.07) is 3.70. The maximum absolute atomic E-state index is 15.5. The Morgan fingerprint density at radius 3 is 2.63 bits per heavy atom. The number of nitrogens with one attached hydrogen (secondary N) is 1. The van der Waals surface area contributed by atoms with E-state index in [1.807, 2.05) is 18.9 Å². The fraction of sp³-hybridized carbons (Fsp3) is 0.440. The third-order valence-electron chi connectivity index (χ3n) is 7.40. The van der Waals surface area contributed by atoms with Gasteiger partial charge >= 0.3 is 0 Å². The fourth-order valence-electron chi connectivity index (χ4n) is 5.43. The van der Waals surface area contributed by atoms with Gasteiger partial charge in [0.1, 0.15) is 23.6 Å². The molecule has 3 aromatic rings. The molecule has 0 aliphatic carbocycles. The number of hydrogen-bond acceptors (Lipinski definition) is 8. The zero-order chi connectivity index (χ0) is 25.0. The molecule has 2 aliphatic rings. The van der Waals surface area contributed by atoms with Crippen LogP contribution in [-0.2, 0) is 0 Å². The molecule has 4 atom stereocenters. The Hall–Kier alpha value is -3.40. The molecule has 2 N–H and O–H groups in total. The number of ether oxygens (including phenoxy) is 1. The Balaban J connectivity index is 1.40. The average Bonchev–Trinajstić information content (AvgIpc) is 3.14. The third kappa shape index (κ3) is 4.05. The molecule has 4 heterocycles. The van der Waals surface area contributed by atoms with Gasteiger partial charge in [0, 0.05) is 40.9 Å². The number of anilines is 1. The van der Waals surface area contributed by atoms with Crippen molar-refractivity contribution in [3.8, 4) is 34.0 Å². The monoisotopic (exact) mass is 482 g/mol. The first-order valence-corrected chi connectivity index (χ1v) is 11.5. The first-order chi connectivity index (χ1) is 16.6. The van der Waals surface area contributed by atoms with E-state index in [0.717, 1.165) is 12.8 Å². The standard InChI is InChI=1S/C25H28F2N6O2/c1-24-5-6-25(2,32-24)23(27)19(10-24)33(3)21-13-28-18(12-29-21)16-8-17(26)15(9-20(16)34)14-7-22(35-4)31-30-11-14/h7-9,11-13,19,23,32,34H,5-6,10H2,1-4H3/t19-,23-,24-,25+/m1/s1. The highest BCUT2D eigenvalue weighted by atomic mass is 19.1. The van der Waals surface area contributed by atoms with Crippen molar-refractivity contribution in [2.24, 2.45) is 0 Å². The number of fused-ring (bicyclic) bond motifs is 2. The zero-order valence-corrected chi connectivity index (χ0v) is 20.1. The van der Waals surface area contributed by atoms with E-state index >= 15 is 4.39 Å². The van der Waals surface area contributed by atoms with Gasteiger partial charge in [-0.25, -0.2) is 13.8 Å². The molecule has 0 saturated carbocycles. The summed E-state index contributed by atoms with van der Waals surface area (Å²) in [7, 11) is 3.26. The van der Waals surface area contributed by atoms with Gasteiger partial charge in [0.2, 0.25) is 5.88 Å². The molecule has 0 spiro atoms. The number of alkyl halides is 1. The minimum absolute atomic E-state index is 0.108. The Morgan fingerprint density at radius 2 is 1.91 bits per heavy atom. The lowest BCUT2D eigenvalue weighted by Crippen LogP contribution is -2.65. The molecule has 2 aromatic heterocycles. The normalized spacial score (nSPS) is 27.6. The Kier molecular flexibility index (Phi) is 5.58. The zero-order valence-electron chi connectivity index (χ0n) is 20.1. The van der Waals surface area contributed by atoms with Crippen molar-refractivity contribution in [1.82, 2.24) is 25.5 Å². The SMILES string of the molecule is COc1cc(-c2cc(O)c(-c3cnc(N(C)[C@@H]4C[C@@]5(C)CC[C@](C)(N5)[C@@H]4F)cn3)cc2F)cnn1. The number of nitrogens with zero attached hydrogens (tertiary/aromatic N) is 5. The molecule has 2 aliphatic heterocycles. The number of halogens is 2. The van der Waals surface area contributed by atoms with Crippen molar-refractivity contribution in [2.75, 3.05) is 19.1 Å². The van der Waals surface area contributed by atoms with E-state index in [-0.39, 0.29) is 34.3 Å². The van der Waals surface area contributed by atoms with Crippen LogP contribution in [0.3, 0.4) is 0 Å². The summed E-state index contributed by atoms with van der Waals surface area (Å²) in [6.45, 7) is 4.08. The Bertz CT molecular complexity index is 1260. The summed E-state index contributed by atoms with van der Waals surface area (Å²) < 4.78 is 35.5. The van der Waals surface area contributed by atoms with Crippen LogP contribution >= 0.6 is 0 Å². The van der Waals surface area contributed by atoms with Crippen LogP contribution in [0.1, 0.15) is 33.1 Å². The summed E-state index contributed by atoms with van der Waals surface area (Å²) in [4.78, 5) is 10.7. The largest absolute Gasteiger partial charge is 0.507 e. The summed E-state index contributed by atoms with van der Waals surface area (Å²) in [5.74, 6) is 0.0210. The minimum atomic E-state index is -1.06. The van der Waals surface area contributed by atoms with Gasteiger partial charge in [0.05, 0.1) is 37.4 Å². The van der Waals surface area contributed by atoms with Crippen molar-refractivity contribution < 1.29 is 18.6 Å². The molecule has 184 valence electrons. The van der Waals surface area contributed by atoms with Gasteiger partial charge in [-0.2, -0.15) is 5.10 Å². The lowest BCUT2D eigenvalue weighted by molar-refractivity contribution is 0.0859. The molecular weight excluding hydrogens is 454 g/mol. The smallest absolute Gasteiger partial charge is 0.233 e. The lowest BCUT2D eigenvalue weighted by Gasteiger charge is -2.47. The predicted octanol–water partition coefficient (Wildman–Crippen LogP) is 3.90. The molecule has 0 unspecified atom stereocenters. The van der Waals surface area contributed by atoms with Crippen LogP contribution in [0.4, 0.5) is 14.6 Å². The van der Waals surface area contributed by atoms with E-state index in [4.69, 9.17) is 4.74 Å². The van der Waals surface area contributed by atoms with Crippen LogP contribution in [0.2, 0.25) is 0 Å². The second kappa shape index (κ2) is 8.37. The van der Waals surface area contributed by atoms with E-state index in [1.165, 1.54) is 43.9 Å². The maximum Gasteiger partial charge on any atom is 0.233 e. The highest BCUT2D eigenvalue weighted by Crippen LogP contribution is 2.45. The van der Waals surface area contributed by atoms with Gasteiger partial charge in [-0.15, -0.1) is 5.10 Å². The van der Waals surface area contributed by atoms with Gasteiger partial charge in [-0.3, -0.25) is 4.98 Å². The first-order valence-electron chi connectivity index (χ1n) is 11.5. The third-order valence-corrected chi connectivity index (χ3v) is 7.40. The number of aromatic nitrogens is 4. The molecule has 0 amide bonds. The summed E-state index contributed by atoms with van der Waals surface area (Å²) >= 11 is 0. The number of phenols is 1. The molecule has 5 rings (SSSR count). The van der Waals surface area contributed by atoms with Crippen LogP contribution in [-0.4, -0.2) is 62.7 Å². The first kappa shape index (κ1) is 23.3. The van der Waals surface area contributed by atoms with Gasteiger partial charge in [0.15, 0.2) is 0 Å². The average molecular weight is 483 g/mol. The Morgan fingerprint density at radius 1 is 1.11 bits per heavy atom. The van der Waals surface area contributed by atoms with Crippen LogP contribution in [0.15, 0.2) is 36.8 Å². The minimum Gasteiger partial charge on any atom is -0.507 e. The molecule has 8 nitrogen and oxygen atoms in total. The number of methoxy groups -OCH3 is 1. The van der Waals surface area contributed by atoms with Crippen molar-refractivity contribution in [1.29, 1.82) is 0 Å². The molecule has 10 heteroatoms. The number of aromatic hydroxyl groups is 1. The van der Waals surface area contributed by atoms with E-state index in [2.05, 4.69) is 32.4 Å². The summed E-state index contributed by atoms with van der Waals surface area (Å²) in [5, 5.41) is 21.7. The second-order valence-electron chi connectivity index (χ2n) is 9.98. The Labute approximate surface area is 202 Å². The van der Waals surface area contributed by atoms with Gasteiger partial charge in [-0.1, -0.05) is 0 Å². The number of piperidine rings is 1. The number of hydrogen-bond donors (Lipinski definition) is 2. The van der Waals surface area contributed by atoms with Gasteiger partial charge in [-0.05, 0) is 45.2 Å². The second-order valence-corrected chi connectivity index (χ2v) is 9.98. The van der Waals surface area contributed by atoms with Gasteiger partial charge in [0.25, 0.3) is 0 Å². The summed E-state index contributed by atoms with van der Waals surface area (Å²) in [5.41, 5.74) is 0.405. The topological polar surface area (TPSA) is 96.3 Å². The molecule has 1 aromatic carbocycles. The maximum atomic E-state index is 15.5. The molecule has 2 fully saturated rings. The number of rotatable bonds is 5. The number of phenolic OH excluding ortho intramolecular Hbond substituents is 1. The van der Waals surface area contributed by atoms with E-state index in [9.17, 15) is 9.50 Å². The predicted molar refractivity (Wildman–Crippen MR) is 128 cm³/mol. The molecule has 2 bridgehead atoms. The number of benzene rings is 1.